The van der Waals surface area contributed by atoms with E-state index in [1.54, 1.807) is 6.07 Å². The topological polar surface area (TPSA) is 149 Å². The number of amides is 1. The minimum absolute atomic E-state index is 0.105. The fraction of sp³-hybridized carbons (Fsp3) is 0.214. The molecule has 4 aromatic rings. The van der Waals surface area contributed by atoms with E-state index in [9.17, 15) is 19.8 Å². The molecular formula is C28H30N2O6. The Bertz CT molecular complexity index is 1380. The molecule has 0 spiro atoms. The summed E-state index contributed by atoms with van der Waals surface area (Å²) in [6.07, 6.45) is -0.258. The molecule has 8 heteroatoms. The maximum absolute atomic E-state index is 11.6. The first kappa shape index (κ1) is 26.5. The SMILES string of the molecule is CC.NCc1cccc(-c2cc(COc3cc(C(N)=O)ccc3CC(=O)O)cc3cc(CO)oc23)c1. The van der Waals surface area contributed by atoms with Crippen molar-refractivity contribution in [1.82, 2.24) is 0 Å². The minimum Gasteiger partial charge on any atom is -0.489 e. The smallest absolute Gasteiger partial charge is 0.307 e. The van der Waals surface area contributed by atoms with Gasteiger partial charge in [-0.25, -0.2) is 0 Å². The third-order valence-corrected chi connectivity index (χ3v) is 5.44. The number of fused-ring (bicyclic) bond motifs is 1. The molecule has 188 valence electrons. The summed E-state index contributed by atoms with van der Waals surface area (Å²) < 4.78 is 11.8. The first-order chi connectivity index (χ1) is 17.4. The number of furan rings is 1. The summed E-state index contributed by atoms with van der Waals surface area (Å²) in [7, 11) is 0. The number of primary amides is 1. The molecule has 0 saturated heterocycles. The van der Waals surface area contributed by atoms with Crippen LogP contribution < -0.4 is 16.2 Å². The molecule has 0 atom stereocenters. The number of hydrogen-bond acceptors (Lipinski definition) is 6. The van der Waals surface area contributed by atoms with Gasteiger partial charge in [-0.1, -0.05) is 38.1 Å². The normalized spacial score (nSPS) is 10.6. The summed E-state index contributed by atoms with van der Waals surface area (Å²) in [5.74, 6) is -0.948. The molecule has 0 aliphatic rings. The van der Waals surface area contributed by atoms with Crippen molar-refractivity contribution in [1.29, 1.82) is 0 Å². The molecule has 36 heavy (non-hydrogen) atoms. The van der Waals surface area contributed by atoms with E-state index >= 15 is 0 Å². The van der Waals surface area contributed by atoms with Crippen LogP contribution in [0, 0.1) is 0 Å². The van der Waals surface area contributed by atoms with Crippen LogP contribution in [0.4, 0.5) is 0 Å². The van der Waals surface area contributed by atoms with Crippen LogP contribution in [-0.2, 0) is 31.0 Å². The van der Waals surface area contributed by atoms with Crippen molar-refractivity contribution in [3.8, 4) is 16.9 Å². The Kier molecular flexibility index (Phi) is 8.83. The van der Waals surface area contributed by atoms with Crippen LogP contribution in [0.25, 0.3) is 22.1 Å². The highest BCUT2D eigenvalue weighted by molar-refractivity contribution is 5.94. The van der Waals surface area contributed by atoms with Crippen molar-refractivity contribution in [2.45, 2.75) is 40.0 Å². The van der Waals surface area contributed by atoms with Crippen LogP contribution in [0.5, 0.6) is 5.75 Å². The number of aliphatic hydroxyl groups excluding tert-OH is 1. The third kappa shape index (κ3) is 6.10. The second-order valence-electron chi connectivity index (χ2n) is 7.88. The Balaban J connectivity index is 0.00000176. The van der Waals surface area contributed by atoms with Gasteiger partial charge in [-0.2, -0.15) is 0 Å². The molecule has 4 rings (SSSR count). The molecule has 8 nitrogen and oxygen atoms in total. The molecule has 1 amide bonds. The van der Waals surface area contributed by atoms with Gasteiger partial charge in [0.05, 0.1) is 6.42 Å². The van der Waals surface area contributed by atoms with E-state index in [2.05, 4.69) is 0 Å². The van der Waals surface area contributed by atoms with Crippen LogP contribution in [0.1, 0.15) is 46.7 Å². The lowest BCUT2D eigenvalue weighted by atomic mass is 9.99. The van der Waals surface area contributed by atoms with E-state index in [-0.39, 0.29) is 30.9 Å². The van der Waals surface area contributed by atoms with Gasteiger partial charge in [0.1, 0.15) is 30.3 Å². The number of benzene rings is 3. The van der Waals surface area contributed by atoms with Crippen molar-refractivity contribution < 1.29 is 29.0 Å². The molecule has 0 unspecified atom stereocenters. The van der Waals surface area contributed by atoms with Crippen LogP contribution >= 0.6 is 0 Å². The van der Waals surface area contributed by atoms with Crippen LogP contribution in [0.3, 0.4) is 0 Å². The van der Waals surface area contributed by atoms with Gasteiger partial charge in [-0.3, -0.25) is 9.59 Å². The van der Waals surface area contributed by atoms with Gasteiger partial charge in [-0.05, 0) is 53.1 Å². The third-order valence-electron chi connectivity index (χ3n) is 5.44. The first-order valence-electron chi connectivity index (χ1n) is 11.6. The summed E-state index contributed by atoms with van der Waals surface area (Å²) in [5.41, 5.74) is 15.9. The fourth-order valence-corrected chi connectivity index (χ4v) is 3.82. The average molecular weight is 491 g/mol. The van der Waals surface area contributed by atoms with E-state index in [1.807, 2.05) is 50.2 Å². The quantitative estimate of drug-likeness (QED) is 0.272. The van der Waals surface area contributed by atoms with Crippen LogP contribution in [-0.4, -0.2) is 22.1 Å². The molecule has 0 bridgehead atoms. The lowest BCUT2D eigenvalue weighted by Gasteiger charge is -2.13. The predicted molar refractivity (Wildman–Crippen MR) is 137 cm³/mol. The standard InChI is InChI=1S/C26H24N2O6.C2H6/c27-12-15-2-1-3-17(6-15)22-8-16(7-20-9-21(13-29)34-25(20)22)14-33-23-10-19(26(28)32)5-4-18(23)11-24(30)31;1-2/h1-10,29H,11-14,27H2,(H2,28,32)(H,30,31);1-2H3. The Morgan fingerprint density at radius 1 is 1.00 bits per heavy atom. The van der Waals surface area contributed by atoms with E-state index in [0.717, 1.165) is 27.6 Å². The number of hydrogen-bond donors (Lipinski definition) is 4. The maximum atomic E-state index is 11.6. The molecule has 0 aliphatic carbocycles. The van der Waals surface area contributed by atoms with Crippen LogP contribution in [0.2, 0.25) is 0 Å². The number of carbonyl (C=O) groups excluding carboxylic acids is 1. The number of nitrogens with two attached hydrogens (primary N) is 2. The highest BCUT2D eigenvalue weighted by Crippen LogP contribution is 2.34. The molecule has 6 N–H and O–H groups in total. The second-order valence-corrected chi connectivity index (χ2v) is 7.88. The Morgan fingerprint density at radius 3 is 2.44 bits per heavy atom. The molecule has 0 saturated carbocycles. The highest BCUT2D eigenvalue weighted by atomic mass is 16.5. The molecular weight excluding hydrogens is 460 g/mol. The maximum Gasteiger partial charge on any atom is 0.307 e. The highest BCUT2D eigenvalue weighted by Gasteiger charge is 2.15. The number of carboxylic acids is 1. The van der Waals surface area contributed by atoms with Crippen molar-refractivity contribution in [3.05, 3.63) is 88.7 Å². The Morgan fingerprint density at radius 2 is 1.78 bits per heavy atom. The van der Waals surface area contributed by atoms with Gasteiger partial charge in [0.2, 0.25) is 5.91 Å². The lowest BCUT2D eigenvalue weighted by Crippen LogP contribution is -2.12. The second kappa shape index (κ2) is 12.0. The van der Waals surface area contributed by atoms with Crippen molar-refractivity contribution in [2.24, 2.45) is 11.5 Å². The molecule has 0 fully saturated rings. The first-order valence-corrected chi connectivity index (χ1v) is 11.6. The number of carboxylic acid groups (broad SMARTS) is 1. The molecule has 3 aromatic carbocycles. The van der Waals surface area contributed by atoms with Gasteiger partial charge < -0.3 is 30.8 Å². The predicted octanol–water partition coefficient (Wildman–Crippen LogP) is 4.38. The van der Waals surface area contributed by atoms with E-state index < -0.39 is 11.9 Å². The minimum atomic E-state index is -1.02. The van der Waals surface area contributed by atoms with E-state index in [1.165, 1.54) is 18.2 Å². The van der Waals surface area contributed by atoms with E-state index in [0.29, 0.717) is 23.5 Å². The number of rotatable bonds is 9. The van der Waals surface area contributed by atoms with Crippen molar-refractivity contribution >= 4 is 22.8 Å². The van der Waals surface area contributed by atoms with Gasteiger partial charge in [0.15, 0.2) is 0 Å². The molecule has 1 aromatic heterocycles. The largest absolute Gasteiger partial charge is 0.489 e. The number of aliphatic carboxylic acids is 1. The zero-order chi connectivity index (χ0) is 26.2. The van der Waals surface area contributed by atoms with Gasteiger partial charge in [0.25, 0.3) is 0 Å². The van der Waals surface area contributed by atoms with Crippen molar-refractivity contribution in [2.75, 3.05) is 0 Å². The molecule has 0 radical (unpaired) electrons. The fourth-order valence-electron chi connectivity index (χ4n) is 3.82. The number of aliphatic hydroxyl groups is 1. The average Bonchev–Trinajstić information content (AvgIpc) is 3.31. The summed E-state index contributed by atoms with van der Waals surface area (Å²) in [4.78, 5) is 22.9. The summed E-state index contributed by atoms with van der Waals surface area (Å²) in [6.45, 7) is 4.26. The molecule has 1 heterocycles. The summed E-state index contributed by atoms with van der Waals surface area (Å²) in [5, 5.41) is 19.6. The molecule has 0 aliphatic heterocycles. The number of carbonyl (C=O) groups is 2. The van der Waals surface area contributed by atoms with Gasteiger partial charge in [0, 0.05) is 28.6 Å². The Hall–Kier alpha value is -4.14. The zero-order valence-corrected chi connectivity index (χ0v) is 20.3. The summed E-state index contributed by atoms with van der Waals surface area (Å²) in [6, 6.07) is 17.8. The lowest BCUT2D eigenvalue weighted by molar-refractivity contribution is -0.136. The number of ether oxygens (including phenoxy) is 1. The van der Waals surface area contributed by atoms with E-state index in [4.69, 9.17) is 20.6 Å². The van der Waals surface area contributed by atoms with Crippen molar-refractivity contribution in [3.63, 3.8) is 0 Å². The van der Waals surface area contributed by atoms with Gasteiger partial charge >= 0.3 is 5.97 Å². The Labute approximate surface area is 209 Å². The monoisotopic (exact) mass is 490 g/mol. The summed E-state index contributed by atoms with van der Waals surface area (Å²) >= 11 is 0. The zero-order valence-electron chi connectivity index (χ0n) is 20.3. The van der Waals surface area contributed by atoms with Crippen LogP contribution in [0.15, 0.2) is 65.1 Å². The van der Waals surface area contributed by atoms with Gasteiger partial charge in [-0.15, -0.1) is 0 Å².